The van der Waals surface area contributed by atoms with Gasteiger partial charge >= 0.3 is 0 Å². The molecule has 0 amide bonds. The highest BCUT2D eigenvalue weighted by atomic mass is 16.1. The summed E-state index contributed by atoms with van der Waals surface area (Å²) in [6, 6.07) is 61.0. The van der Waals surface area contributed by atoms with Crippen LogP contribution in [0.25, 0.3) is 22.3 Å². The van der Waals surface area contributed by atoms with E-state index < -0.39 is 0 Å². The molecule has 0 heterocycles. The van der Waals surface area contributed by atoms with Crippen molar-refractivity contribution in [1.29, 1.82) is 0 Å². The molecule has 58 heavy (non-hydrogen) atoms. The number of hydrogen-bond acceptors (Lipinski definition) is 4. The topological polar surface area (TPSA) is 68.3 Å². The van der Waals surface area contributed by atoms with E-state index in [0.717, 1.165) is 57.3 Å². The molecule has 0 aromatic heterocycles. The van der Waals surface area contributed by atoms with Gasteiger partial charge in [-0.3, -0.25) is 19.2 Å². The van der Waals surface area contributed by atoms with Crippen molar-refractivity contribution in [3.05, 3.63) is 261 Å². The first-order chi connectivity index (χ1) is 28.4. The Kier molecular flexibility index (Phi) is 9.66. The molecule has 0 unspecified atom stereocenters. The van der Waals surface area contributed by atoms with E-state index in [1.165, 1.54) is 0 Å². The Morgan fingerprint density at radius 1 is 0.241 bits per heavy atom. The van der Waals surface area contributed by atoms with Gasteiger partial charge in [0.2, 0.25) is 0 Å². The lowest BCUT2D eigenvalue weighted by Gasteiger charge is -2.06. The Bertz CT molecular complexity index is 2480. The fourth-order valence-electron chi connectivity index (χ4n) is 8.01. The molecule has 4 nitrogen and oxygen atoms in total. The molecule has 0 atom stereocenters. The van der Waals surface area contributed by atoms with E-state index in [9.17, 15) is 19.2 Å². The van der Waals surface area contributed by atoms with Gasteiger partial charge in [-0.1, -0.05) is 170 Å². The van der Waals surface area contributed by atoms with Crippen molar-refractivity contribution in [3.8, 4) is 22.3 Å². The second kappa shape index (κ2) is 15.5. The van der Waals surface area contributed by atoms with Gasteiger partial charge in [-0.05, 0) is 81.6 Å². The van der Waals surface area contributed by atoms with Crippen molar-refractivity contribution < 1.29 is 19.2 Å². The van der Waals surface area contributed by atoms with E-state index in [1.54, 1.807) is 0 Å². The largest absolute Gasteiger partial charge is 0.289 e. The molecule has 0 saturated carbocycles. The Hall–Kier alpha value is -7.56. The highest BCUT2D eigenvalue weighted by Crippen LogP contribution is 2.39. The minimum absolute atomic E-state index is 0.0318. The van der Waals surface area contributed by atoms with Gasteiger partial charge in [0.15, 0.2) is 23.1 Å². The molecule has 2 aliphatic carbocycles. The van der Waals surface area contributed by atoms with Crippen molar-refractivity contribution in [2.24, 2.45) is 0 Å². The summed E-state index contributed by atoms with van der Waals surface area (Å²) >= 11 is 0. The third-order valence-electron chi connectivity index (χ3n) is 11.0. The van der Waals surface area contributed by atoms with Gasteiger partial charge in [-0.2, -0.15) is 0 Å². The van der Waals surface area contributed by atoms with Crippen LogP contribution in [-0.4, -0.2) is 23.1 Å². The van der Waals surface area contributed by atoms with E-state index in [0.29, 0.717) is 44.5 Å². The van der Waals surface area contributed by atoms with E-state index in [-0.39, 0.29) is 23.1 Å². The van der Waals surface area contributed by atoms with Gasteiger partial charge in [-0.25, -0.2) is 0 Å². The van der Waals surface area contributed by atoms with E-state index in [2.05, 4.69) is 0 Å². The van der Waals surface area contributed by atoms with E-state index in [4.69, 9.17) is 0 Å². The molecule has 0 radical (unpaired) electrons. The lowest BCUT2D eigenvalue weighted by atomic mass is 9.97. The predicted octanol–water partition coefficient (Wildman–Crippen LogP) is 11.4. The summed E-state index contributed by atoms with van der Waals surface area (Å²) in [5, 5.41) is 0. The third kappa shape index (κ3) is 7.04. The zero-order valence-corrected chi connectivity index (χ0v) is 31.5. The van der Waals surface area contributed by atoms with Crippen LogP contribution in [0.2, 0.25) is 0 Å². The monoisotopic (exact) mass is 748 g/mol. The van der Waals surface area contributed by atoms with Crippen LogP contribution in [0.5, 0.6) is 0 Å². The van der Waals surface area contributed by atoms with Crippen LogP contribution in [0.1, 0.15) is 85.9 Å². The highest BCUT2D eigenvalue weighted by molar-refractivity contribution is 6.12. The molecule has 0 fully saturated rings. The van der Waals surface area contributed by atoms with Crippen LogP contribution in [-0.2, 0) is 12.8 Å². The van der Waals surface area contributed by atoms with E-state index in [1.807, 2.05) is 194 Å². The van der Waals surface area contributed by atoms with Crippen molar-refractivity contribution in [1.82, 2.24) is 0 Å². The van der Waals surface area contributed by atoms with Crippen molar-refractivity contribution in [3.63, 3.8) is 0 Å². The summed E-state index contributed by atoms with van der Waals surface area (Å²) in [4.78, 5) is 51.1. The molecule has 10 rings (SSSR count). The molecular formula is C54H36O4. The van der Waals surface area contributed by atoms with Gasteiger partial charge in [-0.15, -0.1) is 0 Å². The zero-order chi connectivity index (χ0) is 39.6. The smallest absolute Gasteiger partial charge is 0.193 e. The van der Waals surface area contributed by atoms with Crippen LogP contribution in [0.4, 0.5) is 0 Å². The van der Waals surface area contributed by atoms with Crippen molar-refractivity contribution >= 4 is 23.1 Å². The first-order valence-electron chi connectivity index (χ1n) is 19.3. The fraction of sp³-hybridized carbons (Fsp3) is 0.0370. The van der Waals surface area contributed by atoms with Gasteiger partial charge in [0.05, 0.1) is 0 Å². The Balaban J connectivity index is 0.000000150. The number of fused-ring (bicyclic) bond motifs is 6. The average Bonchev–Trinajstić information content (AvgIpc) is 3.86. The summed E-state index contributed by atoms with van der Waals surface area (Å²) in [7, 11) is 0. The quantitative estimate of drug-likeness (QED) is 0.145. The lowest BCUT2D eigenvalue weighted by Crippen LogP contribution is -2.01. The molecule has 8 aromatic carbocycles. The minimum Gasteiger partial charge on any atom is -0.289 e. The van der Waals surface area contributed by atoms with Crippen molar-refractivity contribution in [2.45, 2.75) is 12.8 Å². The molecule has 0 spiro atoms. The number of carbonyl (C=O) groups is 4. The van der Waals surface area contributed by atoms with Crippen LogP contribution in [0, 0.1) is 0 Å². The summed E-state index contributed by atoms with van der Waals surface area (Å²) in [6.45, 7) is 0. The lowest BCUT2D eigenvalue weighted by molar-refractivity contribution is 0.103. The molecule has 0 N–H and O–H groups in total. The fourth-order valence-corrected chi connectivity index (χ4v) is 8.01. The van der Waals surface area contributed by atoms with Crippen LogP contribution < -0.4 is 0 Å². The molecule has 4 heteroatoms. The number of ketones is 4. The third-order valence-corrected chi connectivity index (χ3v) is 11.0. The number of rotatable bonds is 8. The second-order valence-electron chi connectivity index (χ2n) is 14.6. The molecule has 276 valence electrons. The molecule has 0 saturated heterocycles. The zero-order valence-electron chi connectivity index (χ0n) is 31.5. The average molecular weight is 749 g/mol. The Morgan fingerprint density at radius 2 is 0.448 bits per heavy atom. The van der Waals surface area contributed by atoms with Gasteiger partial charge < -0.3 is 0 Å². The summed E-state index contributed by atoms with van der Waals surface area (Å²) < 4.78 is 0. The maximum absolute atomic E-state index is 12.8. The number of carbonyl (C=O) groups excluding carboxylic acids is 4. The number of hydrogen-bond donors (Lipinski definition) is 0. The molecular weight excluding hydrogens is 713 g/mol. The molecule has 2 aliphatic rings. The first kappa shape index (κ1) is 36.1. The molecule has 0 aliphatic heterocycles. The second-order valence-corrected chi connectivity index (χ2v) is 14.6. The minimum atomic E-state index is 0.0318. The Morgan fingerprint density at radius 3 is 0.655 bits per heavy atom. The summed E-state index contributed by atoms with van der Waals surface area (Å²) in [6.07, 6.45) is 1.47. The summed E-state index contributed by atoms with van der Waals surface area (Å²) in [5.41, 5.74) is 14.7. The van der Waals surface area contributed by atoms with Crippen molar-refractivity contribution in [2.75, 3.05) is 0 Å². The number of benzene rings is 8. The highest BCUT2D eigenvalue weighted by Gasteiger charge is 2.24. The summed E-state index contributed by atoms with van der Waals surface area (Å²) in [5.74, 6) is 0.127. The molecule has 8 aromatic rings. The van der Waals surface area contributed by atoms with Crippen LogP contribution in [0.15, 0.2) is 194 Å². The van der Waals surface area contributed by atoms with Crippen LogP contribution >= 0.6 is 0 Å². The first-order valence-corrected chi connectivity index (χ1v) is 19.3. The maximum Gasteiger partial charge on any atom is 0.193 e. The molecule has 0 bridgehead atoms. The Labute approximate surface area is 337 Å². The van der Waals surface area contributed by atoms with E-state index >= 15 is 0 Å². The van der Waals surface area contributed by atoms with Crippen LogP contribution in [0.3, 0.4) is 0 Å². The normalized spacial score (nSPS) is 11.6. The van der Waals surface area contributed by atoms with Gasteiger partial charge in [0, 0.05) is 44.5 Å². The predicted molar refractivity (Wildman–Crippen MR) is 229 cm³/mol. The van der Waals surface area contributed by atoms with Gasteiger partial charge in [0.25, 0.3) is 0 Å². The van der Waals surface area contributed by atoms with Gasteiger partial charge in [0.1, 0.15) is 0 Å². The standard InChI is InChI=1S/2C27H18O2/c2*28-26(18-7-3-1-4-8-18)20-11-13-24-22(15-20)17-23-16-21(12-14-25(23)24)27(29)19-9-5-2-6-10-19/h2*1-16H,17H2. The maximum atomic E-state index is 12.8. The SMILES string of the molecule is O=C(c1ccccc1)c1ccc2c(c1)Cc1cc(C(=O)c3ccccc3)ccc1-2.O=C(c1ccccc1)c1ccc2c(c1)Cc1cc(C(=O)c3ccccc3)ccc1-2.